The van der Waals surface area contributed by atoms with Crippen LogP contribution in [0.2, 0.25) is 0 Å². The van der Waals surface area contributed by atoms with E-state index < -0.39 is 0 Å². The highest BCUT2D eigenvalue weighted by molar-refractivity contribution is 7.98. The maximum absolute atomic E-state index is 13.2. The van der Waals surface area contributed by atoms with Gasteiger partial charge in [0.2, 0.25) is 5.91 Å². The van der Waals surface area contributed by atoms with E-state index in [0.29, 0.717) is 5.92 Å². The first-order valence-electron chi connectivity index (χ1n) is 10.1. The molecule has 2 unspecified atom stereocenters. The summed E-state index contributed by atoms with van der Waals surface area (Å²) in [6.45, 7) is 7.00. The van der Waals surface area contributed by atoms with Crippen LogP contribution < -0.4 is 4.90 Å². The van der Waals surface area contributed by atoms with Crippen molar-refractivity contribution in [2.24, 2.45) is 11.8 Å². The van der Waals surface area contributed by atoms with Crippen LogP contribution in [0.5, 0.6) is 0 Å². The average molecular weight is 384 g/mol. The average Bonchev–Trinajstić information content (AvgIpc) is 2.72. The Labute approximate surface area is 169 Å². The summed E-state index contributed by atoms with van der Waals surface area (Å²) in [5.41, 5.74) is 3.63. The molecule has 0 N–H and O–H groups in total. The second kappa shape index (κ2) is 11.2. The number of para-hydroxylation sites is 1. The minimum atomic E-state index is 0.0851. The number of carbonyl (C=O) groups is 1. The van der Waals surface area contributed by atoms with Gasteiger partial charge in [0, 0.05) is 18.2 Å². The predicted molar refractivity (Wildman–Crippen MR) is 120 cm³/mol. The molecule has 2 atom stereocenters. The monoisotopic (exact) mass is 383 g/mol. The number of aryl methyl sites for hydroxylation is 1. The lowest BCUT2D eigenvalue weighted by molar-refractivity contribution is -0.124. The molecule has 0 radical (unpaired) electrons. The minimum Gasteiger partial charge on any atom is -0.312 e. The molecule has 2 aromatic carbocycles. The molecule has 146 valence electrons. The van der Waals surface area contributed by atoms with Gasteiger partial charge in [-0.05, 0) is 67.4 Å². The standard InChI is InChI=1S/C22H27NOS.C2H6/c1-17-8-6-7-9-19(17)15-20-14-18(12-13-25-2)16-23(22(20)24)21-10-4-3-5-11-21;1-2/h3-11,18,20H,12-16H2,1-2H3;1-2H3. The second-order valence-corrected chi connectivity index (χ2v) is 7.98. The van der Waals surface area contributed by atoms with Crippen LogP contribution in [0.3, 0.4) is 0 Å². The van der Waals surface area contributed by atoms with Crippen LogP contribution in [0, 0.1) is 18.8 Å². The quantitative estimate of drug-likeness (QED) is 0.611. The highest BCUT2D eigenvalue weighted by Crippen LogP contribution is 2.32. The Morgan fingerprint density at radius 3 is 2.37 bits per heavy atom. The molecule has 1 heterocycles. The fourth-order valence-corrected chi connectivity index (χ4v) is 4.32. The first-order chi connectivity index (χ1) is 13.2. The van der Waals surface area contributed by atoms with Crippen LogP contribution in [-0.4, -0.2) is 24.5 Å². The third kappa shape index (κ3) is 5.87. The minimum absolute atomic E-state index is 0.0851. The molecule has 1 aliphatic heterocycles. The lowest BCUT2D eigenvalue weighted by Crippen LogP contribution is -2.46. The van der Waals surface area contributed by atoms with Crippen LogP contribution in [-0.2, 0) is 11.2 Å². The first kappa shape index (κ1) is 21.6. The molecule has 0 saturated carbocycles. The van der Waals surface area contributed by atoms with Gasteiger partial charge in [0.25, 0.3) is 0 Å². The Balaban J connectivity index is 0.00000126. The van der Waals surface area contributed by atoms with Crippen LogP contribution in [0.15, 0.2) is 54.6 Å². The van der Waals surface area contributed by atoms with E-state index in [-0.39, 0.29) is 11.8 Å². The molecule has 2 nitrogen and oxygen atoms in total. The molecular formula is C24H33NOS. The molecule has 0 spiro atoms. The Hall–Kier alpha value is -1.74. The number of hydrogen-bond donors (Lipinski definition) is 0. The third-order valence-electron chi connectivity index (χ3n) is 5.20. The zero-order valence-electron chi connectivity index (χ0n) is 17.2. The van der Waals surface area contributed by atoms with Crippen molar-refractivity contribution in [1.82, 2.24) is 0 Å². The molecule has 0 aliphatic carbocycles. The van der Waals surface area contributed by atoms with Crippen molar-refractivity contribution in [3.8, 4) is 0 Å². The van der Waals surface area contributed by atoms with E-state index >= 15 is 0 Å². The number of carbonyl (C=O) groups excluding carboxylic acids is 1. The summed E-state index contributed by atoms with van der Waals surface area (Å²) < 4.78 is 0. The molecule has 1 aliphatic rings. The van der Waals surface area contributed by atoms with E-state index in [1.807, 2.05) is 48.7 Å². The van der Waals surface area contributed by atoms with Crippen molar-refractivity contribution in [1.29, 1.82) is 0 Å². The molecule has 27 heavy (non-hydrogen) atoms. The van der Waals surface area contributed by atoms with Gasteiger partial charge in [0.05, 0.1) is 0 Å². The van der Waals surface area contributed by atoms with Crippen molar-refractivity contribution in [3.05, 3.63) is 65.7 Å². The Kier molecular flexibility index (Phi) is 8.93. The van der Waals surface area contributed by atoms with Gasteiger partial charge in [-0.25, -0.2) is 0 Å². The number of hydrogen-bond acceptors (Lipinski definition) is 2. The summed E-state index contributed by atoms with van der Waals surface area (Å²) in [7, 11) is 0. The van der Waals surface area contributed by atoms with Gasteiger partial charge >= 0.3 is 0 Å². The van der Waals surface area contributed by atoms with Crippen LogP contribution >= 0.6 is 11.8 Å². The number of benzene rings is 2. The SMILES string of the molecule is CC.CSCCC1CC(Cc2ccccc2C)C(=O)N(c2ccccc2)C1. The zero-order chi connectivity index (χ0) is 19.6. The van der Waals surface area contributed by atoms with Gasteiger partial charge in [-0.1, -0.05) is 56.3 Å². The summed E-state index contributed by atoms with van der Waals surface area (Å²) in [6, 6.07) is 18.6. The lowest BCUT2D eigenvalue weighted by Gasteiger charge is -2.37. The molecular weight excluding hydrogens is 350 g/mol. The number of thioether (sulfide) groups is 1. The zero-order valence-corrected chi connectivity index (χ0v) is 18.0. The smallest absolute Gasteiger partial charge is 0.230 e. The number of amides is 1. The summed E-state index contributed by atoms with van der Waals surface area (Å²) in [6.07, 6.45) is 5.21. The van der Waals surface area contributed by atoms with Crippen molar-refractivity contribution >= 4 is 23.4 Å². The van der Waals surface area contributed by atoms with E-state index in [1.165, 1.54) is 23.3 Å². The molecule has 2 aromatic rings. The summed E-state index contributed by atoms with van der Waals surface area (Å²) >= 11 is 1.90. The second-order valence-electron chi connectivity index (χ2n) is 7.00. The highest BCUT2D eigenvalue weighted by atomic mass is 32.2. The predicted octanol–water partition coefficient (Wildman–Crippen LogP) is 5.99. The molecule has 3 heteroatoms. The van der Waals surface area contributed by atoms with Gasteiger partial charge in [0.15, 0.2) is 0 Å². The summed E-state index contributed by atoms with van der Waals surface area (Å²) in [4.78, 5) is 15.2. The van der Waals surface area contributed by atoms with Crippen LogP contribution in [0.1, 0.15) is 37.8 Å². The number of rotatable bonds is 6. The maximum atomic E-state index is 13.2. The fourth-order valence-electron chi connectivity index (χ4n) is 3.76. The topological polar surface area (TPSA) is 20.3 Å². The van der Waals surface area contributed by atoms with Crippen LogP contribution in [0.25, 0.3) is 0 Å². The van der Waals surface area contributed by atoms with E-state index in [1.54, 1.807) is 0 Å². The Morgan fingerprint density at radius 2 is 1.70 bits per heavy atom. The fraction of sp³-hybridized carbons (Fsp3) is 0.458. The first-order valence-corrected chi connectivity index (χ1v) is 11.5. The Bertz CT molecular complexity index is 701. The van der Waals surface area contributed by atoms with Crippen molar-refractivity contribution in [2.45, 2.75) is 40.0 Å². The van der Waals surface area contributed by atoms with Crippen molar-refractivity contribution < 1.29 is 4.79 Å². The van der Waals surface area contributed by atoms with Crippen LogP contribution in [0.4, 0.5) is 5.69 Å². The molecule has 1 fully saturated rings. The normalized spacial score (nSPS) is 19.4. The Morgan fingerprint density at radius 1 is 1.04 bits per heavy atom. The van der Waals surface area contributed by atoms with Gasteiger partial charge in [-0.15, -0.1) is 0 Å². The third-order valence-corrected chi connectivity index (χ3v) is 5.84. The van der Waals surface area contributed by atoms with E-state index in [0.717, 1.165) is 25.1 Å². The summed E-state index contributed by atoms with van der Waals surface area (Å²) in [5.74, 6) is 2.12. The van der Waals surface area contributed by atoms with Gasteiger partial charge in [0.1, 0.15) is 0 Å². The van der Waals surface area contributed by atoms with E-state index in [4.69, 9.17) is 0 Å². The largest absolute Gasteiger partial charge is 0.312 e. The van der Waals surface area contributed by atoms with Crippen molar-refractivity contribution in [2.75, 3.05) is 23.5 Å². The van der Waals surface area contributed by atoms with E-state index in [2.05, 4.69) is 49.6 Å². The van der Waals surface area contributed by atoms with Crippen molar-refractivity contribution in [3.63, 3.8) is 0 Å². The lowest BCUT2D eigenvalue weighted by atomic mass is 9.82. The van der Waals surface area contributed by atoms with Gasteiger partial charge in [-0.2, -0.15) is 11.8 Å². The number of anilines is 1. The molecule has 0 aromatic heterocycles. The molecule has 3 rings (SSSR count). The van der Waals surface area contributed by atoms with Gasteiger partial charge < -0.3 is 4.90 Å². The molecule has 1 saturated heterocycles. The highest BCUT2D eigenvalue weighted by Gasteiger charge is 2.34. The molecule has 0 bridgehead atoms. The number of piperidine rings is 1. The maximum Gasteiger partial charge on any atom is 0.230 e. The molecule has 1 amide bonds. The van der Waals surface area contributed by atoms with E-state index in [9.17, 15) is 4.79 Å². The summed E-state index contributed by atoms with van der Waals surface area (Å²) in [5, 5.41) is 0. The van der Waals surface area contributed by atoms with Gasteiger partial charge in [-0.3, -0.25) is 4.79 Å². The number of nitrogens with zero attached hydrogens (tertiary/aromatic N) is 1.